The Morgan fingerprint density at radius 3 is 2.44 bits per heavy atom. The van der Waals surface area contributed by atoms with Crippen molar-refractivity contribution in [3.05, 3.63) is 66.0 Å². The van der Waals surface area contributed by atoms with E-state index in [0.717, 1.165) is 11.3 Å². The van der Waals surface area contributed by atoms with Gasteiger partial charge in [0, 0.05) is 12.2 Å². The SMILES string of the molecule is CC(N[C@H](CO)c1ccccc1)c1ccccn1. The third kappa shape index (κ3) is 3.15. The van der Waals surface area contributed by atoms with Gasteiger partial charge in [0.05, 0.1) is 18.3 Å². The quantitative estimate of drug-likeness (QED) is 0.846. The van der Waals surface area contributed by atoms with Crippen LogP contribution in [0.25, 0.3) is 0 Å². The van der Waals surface area contributed by atoms with Crippen LogP contribution >= 0.6 is 0 Å². The summed E-state index contributed by atoms with van der Waals surface area (Å²) in [5, 5.41) is 12.9. The fraction of sp³-hybridized carbons (Fsp3) is 0.267. The maximum absolute atomic E-state index is 9.49. The first-order valence-corrected chi connectivity index (χ1v) is 6.14. The van der Waals surface area contributed by atoms with Crippen LogP contribution in [0.4, 0.5) is 0 Å². The molecule has 3 heteroatoms. The average Bonchev–Trinajstić information content (AvgIpc) is 2.46. The molecule has 0 radical (unpaired) electrons. The van der Waals surface area contributed by atoms with Gasteiger partial charge in [0.15, 0.2) is 0 Å². The van der Waals surface area contributed by atoms with Gasteiger partial charge in [-0.1, -0.05) is 36.4 Å². The highest BCUT2D eigenvalue weighted by atomic mass is 16.3. The smallest absolute Gasteiger partial charge is 0.0626 e. The number of hydrogen-bond donors (Lipinski definition) is 2. The minimum atomic E-state index is -0.0665. The summed E-state index contributed by atoms with van der Waals surface area (Å²) < 4.78 is 0. The Kier molecular flexibility index (Phi) is 4.45. The molecule has 0 spiro atoms. The molecule has 0 aliphatic carbocycles. The van der Waals surface area contributed by atoms with Gasteiger partial charge in [0.1, 0.15) is 0 Å². The topological polar surface area (TPSA) is 45.1 Å². The average molecular weight is 242 g/mol. The van der Waals surface area contributed by atoms with Crippen LogP contribution in [0.3, 0.4) is 0 Å². The van der Waals surface area contributed by atoms with E-state index in [1.807, 2.05) is 55.5 Å². The summed E-state index contributed by atoms with van der Waals surface area (Å²) in [4.78, 5) is 4.32. The molecule has 0 saturated carbocycles. The third-order valence-electron chi connectivity index (χ3n) is 2.97. The van der Waals surface area contributed by atoms with Crippen molar-refractivity contribution in [2.45, 2.75) is 19.0 Å². The largest absolute Gasteiger partial charge is 0.394 e. The third-order valence-corrected chi connectivity index (χ3v) is 2.97. The summed E-state index contributed by atoms with van der Waals surface area (Å²) in [6.45, 7) is 2.12. The van der Waals surface area contributed by atoms with Gasteiger partial charge in [-0.2, -0.15) is 0 Å². The molecule has 2 N–H and O–H groups in total. The van der Waals surface area contributed by atoms with Crippen molar-refractivity contribution in [2.75, 3.05) is 6.61 Å². The van der Waals surface area contributed by atoms with Gasteiger partial charge >= 0.3 is 0 Å². The molecule has 1 heterocycles. The molecule has 0 amide bonds. The number of nitrogens with zero attached hydrogens (tertiary/aromatic N) is 1. The fourth-order valence-corrected chi connectivity index (χ4v) is 1.96. The lowest BCUT2D eigenvalue weighted by atomic mass is 10.1. The van der Waals surface area contributed by atoms with Crippen LogP contribution in [0.5, 0.6) is 0 Å². The molecule has 94 valence electrons. The van der Waals surface area contributed by atoms with Gasteiger partial charge < -0.3 is 5.11 Å². The first-order chi connectivity index (χ1) is 8.81. The highest BCUT2D eigenvalue weighted by Gasteiger charge is 2.14. The highest BCUT2D eigenvalue weighted by Crippen LogP contribution is 2.17. The summed E-state index contributed by atoms with van der Waals surface area (Å²) in [6.07, 6.45) is 1.78. The Hall–Kier alpha value is -1.71. The molecular formula is C15H18N2O. The van der Waals surface area contributed by atoms with Crippen LogP contribution < -0.4 is 5.32 Å². The fourth-order valence-electron chi connectivity index (χ4n) is 1.96. The molecule has 0 aliphatic heterocycles. The molecule has 1 aromatic carbocycles. The minimum Gasteiger partial charge on any atom is -0.394 e. The second kappa shape index (κ2) is 6.28. The van der Waals surface area contributed by atoms with Crippen LogP contribution in [-0.4, -0.2) is 16.7 Å². The second-order valence-corrected chi connectivity index (χ2v) is 4.29. The van der Waals surface area contributed by atoms with E-state index < -0.39 is 0 Å². The van der Waals surface area contributed by atoms with Gasteiger partial charge in [-0.3, -0.25) is 10.3 Å². The molecular weight excluding hydrogens is 224 g/mol. The lowest BCUT2D eigenvalue weighted by Crippen LogP contribution is -2.27. The summed E-state index contributed by atoms with van der Waals surface area (Å²) in [7, 11) is 0. The minimum absolute atomic E-state index is 0.0665. The Labute approximate surface area is 108 Å². The molecule has 18 heavy (non-hydrogen) atoms. The van der Waals surface area contributed by atoms with E-state index in [1.165, 1.54) is 0 Å². The molecule has 0 bridgehead atoms. The number of benzene rings is 1. The van der Waals surface area contributed by atoms with Gasteiger partial charge in [0.2, 0.25) is 0 Å². The first-order valence-electron chi connectivity index (χ1n) is 6.14. The summed E-state index contributed by atoms with van der Waals surface area (Å²) in [6, 6.07) is 15.8. The van der Waals surface area contributed by atoms with Gasteiger partial charge in [0.25, 0.3) is 0 Å². The molecule has 2 atom stereocenters. The zero-order valence-corrected chi connectivity index (χ0v) is 10.5. The lowest BCUT2D eigenvalue weighted by molar-refractivity contribution is 0.235. The Bertz CT molecular complexity index is 458. The van der Waals surface area contributed by atoms with Crippen LogP contribution in [-0.2, 0) is 0 Å². The van der Waals surface area contributed by atoms with Crippen molar-refractivity contribution >= 4 is 0 Å². The predicted molar refractivity (Wildman–Crippen MR) is 72.1 cm³/mol. The highest BCUT2D eigenvalue weighted by molar-refractivity contribution is 5.20. The lowest BCUT2D eigenvalue weighted by Gasteiger charge is -2.21. The Morgan fingerprint density at radius 2 is 1.83 bits per heavy atom. The number of aromatic nitrogens is 1. The van der Waals surface area contributed by atoms with Crippen molar-refractivity contribution < 1.29 is 5.11 Å². The summed E-state index contributed by atoms with van der Waals surface area (Å²) in [5.74, 6) is 0. The van der Waals surface area contributed by atoms with Crippen molar-refractivity contribution in [3.8, 4) is 0 Å². The van der Waals surface area contributed by atoms with Gasteiger partial charge in [-0.15, -0.1) is 0 Å². The van der Waals surface area contributed by atoms with Crippen LogP contribution in [0.15, 0.2) is 54.7 Å². The van der Waals surface area contributed by atoms with Crippen molar-refractivity contribution in [3.63, 3.8) is 0 Å². The number of hydrogen-bond acceptors (Lipinski definition) is 3. The molecule has 0 fully saturated rings. The zero-order valence-electron chi connectivity index (χ0n) is 10.5. The van der Waals surface area contributed by atoms with Crippen molar-refractivity contribution in [1.29, 1.82) is 0 Å². The monoisotopic (exact) mass is 242 g/mol. The Morgan fingerprint density at radius 1 is 1.11 bits per heavy atom. The van der Waals surface area contributed by atoms with E-state index in [9.17, 15) is 5.11 Å². The number of aliphatic hydroxyl groups excluding tert-OH is 1. The van der Waals surface area contributed by atoms with E-state index >= 15 is 0 Å². The molecule has 3 nitrogen and oxygen atoms in total. The molecule has 1 unspecified atom stereocenters. The molecule has 0 saturated heterocycles. The number of aliphatic hydroxyl groups is 1. The van der Waals surface area contributed by atoms with Crippen LogP contribution in [0, 0.1) is 0 Å². The first kappa shape index (κ1) is 12.7. The van der Waals surface area contributed by atoms with E-state index in [1.54, 1.807) is 6.20 Å². The maximum atomic E-state index is 9.49. The summed E-state index contributed by atoms with van der Waals surface area (Å²) >= 11 is 0. The number of rotatable bonds is 5. The van der Waals surface area contributed by atoms with Crippen LogP contribution in [0.2, 0.25) is 0 Å². The van der Waals surface area contributed by atoms with Gasteiger partial charge in [-0.25, -0.2) is 0 Å². The van der Waals surface area contributed by atoms with E-state index in [-0.39, 0.29) is 18.7 Å². The van der Waals surface area contributed by atoms with Crippen molar-refractivity contribution in [1.82, 2.24) is 10.3 Å². The van der Waals surface area contributed by atoms with E-state index in [2.05, 4.69) is 10.3 Å². The standard InChI is InChI=1S/C15H18N2O/c1-12(14-9-5-6-10-16-14)17-15(11-18)13-7-3-2-4-8-13/h2-10,12,15,17-18H,11H2,1H3/t12?,15-/m1/s1. The zero-order chi connectivity index (χ0) is 12.8. The second-order valence-electron chi connectivity index (χ2n) is 4.29. The number of nitrogens with one attached hydrogen (secondary N) is 1. The maximum Gasteiger partial charge on any atom is 0.0626 e. The summed E-state index contributed by atoms with van der Waals surface area (Å²) in [5.41, 5.74) is 2.06. The molecule has 2 rings (SSSR count). The van der Waals surface area contributed by atoms with Crippen LogP contribution in [0.1, 0.15) is 30.3 Å². The normalized spacial score (nSPS) is 14.1. The predicted octanol–water partition coefficient (Wildman–Crippen LogP) is 2.47. The number of pyridine rings is 1. The van der Waals surface area contributed by atoms with Gasteiger partial charge in [-0.05, 0) is 24.6 Å². The molecule has 0 aliphatic rings. The van der Waals surface area contributed by atoms with Crippen molar-refractivity contribution in [2.24, 2.45) is 0 Å². The molecule has 2 aromatic rings. The molecule has 1 aromatic heterocycles. The van der Waals surface area contributed by atoms with E-state index in [0.29, 0.717) is 0 Å². The van der Waals surface area contributed by atoms with E-state index in [4.69, 9.17) is 0 Å². The Balaban J connectivity index is 2.07.